The zero-order chi connectivity index (χ0) is 12.4. The normalized spacial score (nSPS) is 10.8. The lowest BCUT2D eigenvalue weighted by Gasteiger charge is -2.05. The van der Waals surface area contributed by atoms with Crippen LogP contribution >= 0.6 is 15.9 Å². The Morgan fingerprint density at radius 3 is 2.47 bits per heavy atom. The van der Waals surface area contributed by atoms with Crippen LogP contribution in [0.15, 0.2) is 28.7 Å². The summed E-state index contributed by atoms with van der Waals surface area (Å²) in [4.78, 5) is 0. The molecule has 0 atom stereocenters. The number of halogens is 1. The largest absolute Gasteiger partial charge is 0.380 e. The molecule has 0 aliphatic heterocycles. The lowest BCUT2D eigenvalue weighted by atomic mass is 10.2. The molecule has 0 saturated heterocycles. The lowest BCUT2D eigenvalue weighted by Crippen LogP contribution is -1.99. The van der Waals surface area contributed by atoms with Crippen LogP contribution in [0.2, 0.25) is 0 Å². The molecule has 0 aliphatic carbocycles. The maximum atomic E-state index is 5.20. The van der Waals surface area contributed by atoms with Crippen molar-refractivity contribution in [3.05, 3.63) is 45.7 Å². The van der Waals surface area contributed by atoms with Crippen molar-refractivity contribution in [3.63, 3.8) is 0 Å². The van der Waals surface area contributed by atoms with E-state index in [9.17, 15) is 0 Å². The molecule has 2 aromatic rings. The van der Waals surface area contributed by atoms with Crippen LogP contribution in [-0.2, 0) is 11.3 Å². The summed E-state index contributed by atoms with van der Waals surface area (Å²) in [5.41, 5.74) is 4.38. The Morgan fingerprint density at radius 1 is 1.24 bits per heavy atom. The van der Waals surface area contributed by atoms with E-state index in [-0.39, 0.29) is 0 Å². The molecule has 0 amide bonds. The highest BCUT2D eigenvalue weighted by molar-refractivity contribution is 9.10. The van der Waals surface area contributed by atoms with Crippen molar-refractivity contribution in [1.29, 1.82) is 0 Å². The van der Waals surface area contributed by atoms with Gasteiger partial charge in [-0.15, -0.1) is 0 Å². The van der Waals surface area contributed by atoms with Gasteiger partial charge in [-0.05, 0) is 38.1 Å². The summed E-state index contributed by atoms with van der Waals surface area (Å²) in [6, 6.07) is 8.11. The first-order chi connectivity index (χ1) is 8.13. The number of aryl methyl sites for hydroxylation is 1. The molecule has 3 nitrogen and oxygen atoms in total. The molecule has 0 bridgehead atoms. The quantitative estimate of drug-likeness (QED) is 0.867. The summed E-state index contributed by atoms with van der Waals surface area (Å²) in [5, 5.41) is 4.55. The predicted molar refractivity (Wildman–Crippen MR) is 71.5 cm³/mol. The van der Waals surface area contributed by atoms with Gasteiger partial charge in [0.05, 0.1) is 18.0 Å². The van der Waals surface area contributed by atoms with Gasteiger partial charge >= 0.3 is 0 Å². The molecule has 0 N–H and O–H groups in total. The van der Waals surface area contributed by atoms with Gasteiger partial charge in [-0.3, -0.25) is 0 Å². The van der Waals surface area contributed by atoms with Crippen LogP contribution in [0, 0.1) is 13.8 Å². The van der Waals surface area contributed by atoms with Crippen LogP contribution in [0.3, 0.4) is 0 Å². The number of rotatable bonds is 3. The molecule has 1 heterocycles. The molecule has 0 radical (unpaired) electrons. The van der Waals surface area contributed by atoms with Gasteiger partial charge in [0.15, 0.2) is 0 Å². The molecule has 0 unspecified atom stereocenters. The Morgan fingerprint density at radius 2 is 1.88 bits per heavy atom. The average Bonchev–Trinajstić information content (AvgIpc) is 2.59. The summed E-state index contributed by atoms with van der Waals surface area (Å²) >= 11 is 3.43. The van der Waals surface area contributed by atoms with Crippen LogP contribution in [0.4, 0.5) is 0 Å². The second kappa shape index (κ2) is 5.02. The first-order valence-electron chi connectivity index (χ1n) is 5.43. The number of ether oxygens (including phenoxy) is 1. The van der Waals surface area contributed by atoms with E-state index < -0.39 is 0 Å². The molecule has 4 heteroatoms. The second-order valence-electron chi connectivity index (χ2n) is 3.97. The van der Waals surface area contributed by atoms with Crippen molar-refractivity contribution in [1.82, 2.24) is 9.78 Å². The smallest absolute Gasteiger partial charge is 0.0749 e. The second-order valence-corrected chi connectivity index (χ2v) is 4.89. The molecule has 1 aromatic carbocycles. The minimum atomic E-state index is 0.605. The minimum absolute atomic E-state index is 0.605. The highest BCUT2D eigenvalue weighted by atomic mass is 79.9. The first-order valence-corrected chi connectivity index (χ1v) is 6.22. The van der Waals surface area contributed by atoms with Gasteiger partial charge in [0, 0.05) is 22.8 Å². The summed E-state index contributed by atoms with van der Waals surface area (Å²) in [6.45, 7) is 4.68. The zero-order valence-electron chi connectivity index (χ0n) is 10.2. The molecule has 0 spiro atoms. The summed E-state index contributed by atoms with van der Waals surface area (Å²) < 4.78 is 8.22. The van der Waals surface area contributed by atoms with E-state index in [0.29, 0.717) is 6.61 Å². The summed E-state index contributed by atoms with van der Waals surface area (Å²) in [7, 11) is 1.70. The van der Waals surface area contributed by atoms with E-state index in [2.05, 4.69) is 28.0 Å². The Balaban J connectivity index is 2.46. The molecule has 2 rings (SSSR count). The number of hydrogen-bond donors (Lipinski definition) is 0. The molecule has 17 heavy (non-hydrogen) atoms. The van der Waals surface area contributed by atoms with Crippen molar-refractivity contribution >= 4 is 15.9 Å². The van der Waals surface area contributed by atoms with Crippen molar-refractivity contribution in [2.75, 3.05) is 7.11 Å². The van der Waals surface area contributed by atoms with Gasteiger partial charge < -0.3 is 4.74 Å². The molecular formula is C13H15BrN2O. The predicted octanol–water partition coefficient (Wildman–Crippen LogP) is 3.40. The van der Waals surface area contributed by atoms with E-state index in [1.807, 2.05) is 35.9 Å². The number of aromatic nitrogens is 2. The van der Waals surface area contributed by atoms with E-state index >= 15 is 0 Å². The lowest BCUT2D eigenvalue weighted by molar-refractivity contribution is 0.184. The molecule has 0 saturated carbocycles. The third kappa shape index (κ3) is 2.42. The van der Waals surface area contributed by atoms with E-state index in [4.69, 9.17) is 4.74 Å². The van der Waals surface area contributed by atoms with Crippen LogP contribution in [0.5, 0.6) is 0 Å². The van der Waals surface area contributed by atoms with Gasteiger partial charge in [-0.1, -0.05) is 15.9 Å². The Kier molecular flexibility index (Phi) is 3.64. The maximum absolute atomic E-state index is 5.20. The third-order valence-corrected chi connectivity index (χ3v) is 3.33. The van der Waals surface area contributed by atoms with Crippen molar-refractivity contribution in [3.8, 4) is 5.69 Å². The maximum Gasteiger partial charge on any atom is 0.0749 e. The molecule has 1 aromatic heterocycles. The van der Waals surface area contributed by atoms with Gasteiger partial charge in [0.1, 0.15) is 0 Å². The van der Waals surface area contributed by atoms with E-state index in [1.54, 1.807) is 7.11 Å². The van der Waals surface area contributed by atoms with Crippen LogP contribution in [-0.4, -0.2) is 16.9 Å². The Hall–Kier alpha value is -1.13. The van der Waals surface area contributed by atoms with E-state index in [1.165, 1.54) is 0 Å². The summed E-state index contributed by atoms with van der Waals surface area (Å²) in [6.07, 6.45) is 0. The minimum Gasteiger partial charge on any atom is -0.380 e. The standard InChI is InChI=1S/C13H15BrN2O/c1-9-13(8-17-3)10(2)16(15-9)12-6-4-11(14)5-7-12/h4-7H,8H2,1-3H3. The molecule has 0 fully saturated rings. The van der Waals surface area contributed by atoms with Crippen molar-refractivity contribution < 1.29 is 4.74 Å². The van der Waals surface area contributed by atoms with Crippen LogP contribution in [0.1, 0.15) is 17.0 Å². The van der Waals surface area contributed by atoms with Gasteiger partial charge in [-0.25, -0.2) is 4.68 Å². The van der Waals surface area contributed by atoms with E-state index in [0.717, 1.165) is 27.1 Å². The Bertz CT molecular complexity index is 517. The van der Waals surface area contributed by atoms with Gasteiger partial charge in [-0.2, -0.15) is 5.10 Å². The summed E-state index contributed by atoms with van der Waals surface area (Å²) in [5.74, 6) is 0. The highest BCUT2D eigenvalue weighted by Crippen LogP contribution is 2.20. The van der Waals surface area contributed by atoms with Gasteiger partial charge in [0.25, 0.3) is 0 Å². The number of hydrogen-bond acceptors (Lipinski definition) is 2. The fraction of sp³-hybridized carbons (Fsp3) is 0.308. The molecule has 90 valence electrons. The zero-order valence-corrected chi connectivity index (χ0v) is 11.8. The molecule has 0 aliphatic rings. The fourth-order valence-corrected chi connectivity index (χ4v) is 2.13. The van der Waals surface area contributed by atoms with Gasteiger partial charge in [0.2, 0.25) is 0 Å². The average molecular weight is 295 g/mol. The molecular weight excluding hydrogens is 280 g/mol. The van der Waals surface area contributed by atoms with Crippen LogP contribution in [0.25, 0.3) is 5.69 Å². The van der Waals surface area contributed by atoms with Crippen molar-refractivity contribution in [2.45, 2.75) is 20.5 Å². The first kappa shape index (κ1) is 12.3. The third-order valence-electron chi connectivity index (χ3n) is 2.80. The fourth-order valence-electron chi connectivity index (χ4n) is 1.86. The SMILES string of the molecule is COCc1c(C)nn(-c2ccc(Br)cc2)c1C. The number of benzene rings is 1. The Labute approximate surface area is 110 Å². The number of methoxy groups -OCH3 is 1. The highest BCUT2D eigenvalue weighted by Gasteiger charge is 2.12. The monoisotopic (exact) mass is 294 g/mol. The number of nitrogens with zero attached hydrogens (tertiary/aromatic N) is 2. The van der Waals surface area contributed by atoms with Crippen molar-refractivity contribution in [2.24, 2.45) is 0 Å². The topological polar surface area (TPSA) is 27.1 Å². The van der Waals surface area contributed by atoms with Crippen LogP contribution < -0.4 is 0 Å².